The molecule has 2 fully saturated rings. The Kier molecular flexibility index (Phi) is 7.75. The molecule has 0 radical (unpaired) electrons. The number of nitriles is 1. The van der Waals surface area contributed by atoms with E-state index in [4.69, 9.17) is 14.0 Å². The van der Waals surface area contributed by atoms with E-state index in [9.17, 15) is 10.1 Å². The zero-order valence-electron chi connectivity index (χ0n) is 23.6. The Balaban J connectivity index is 1.13. The summed E-state index contributed by atoms with van der Waals surface area (Å²) in [6.45, 7) is 7.65. The van der Waals surface area contributed by atoms with Crippen molar-refractivity contribution < 1.29 is 18.8 Å². The fourth-order valence-corrected chi connectivity index (χ4v) is 6.06. The highest BCUT2D eigenvalue weighted by atomic mass is 16.6. The van der Waals surface area contributed by atoms with Crippen LogP contribution in [0.2, 0.25) is 0 Å². The number of nitrogens with zero attached hydrogens (tertiary/aromatic N) is 5. The molecule has 212 valence electrons. The molecule has 1 amide bonds. The second-order valence-electron chi connectivity index (χ2n) is 11.2. The molecule has 1 aliphatic carbocycles. The topological polar surface area (TPSA) is 105 Å². The maximum atomic E-state index is 13.1. The number of allylic oxidation sites excluding steroid dienone is 1. The number of benzene rings is 2. The van der Waals surface area contributed by atoms with Crippen LogP contribution in [-0.4, -0.2) is 64.4 Å². The predicted octanol–water partition coefficient (Wildman–Crippen LogP) is 6.05. The summed E-state index contributed by atoms with van der Waals surface area (Å²) in [7, 11) is 0. The van der Waals surface area contributed by atoms with Crippen LogP contribution in [0.25, 0.3) is 28.6 Å². The normalized spacial score (nSPS) is 17.7. The van der Waals surface area contributed by atoms with Crippen molar-refractivity contribution in [1.82, 2.24) is 19.9 Å². The molecule has 0 unspecified atom stereocenters. The molecule has 6 rings (SSSR count). The number of rotatable bonds is 6. The van der Waals surface area contributed by atoms with Crippen LogP contribution in [0.5, 0.6) is 5.75 Å². The third kappa shape index (κ3) is 5.70. The summed E-state index contributed by atoms with van der Waals surface area (Å²) in [5.41, 5.74) is 3.73. The van der Waals surface area contributed by atoms with Gasteiger partial charge in [0.15, 0.2) is 0 Å². The smallest absolute Gasteiger partial charge is 0.415 e. The van der Waals surface area contributed by atoms with Gasteiger partial charge in [-0.15, -0.1) is 0 Å². The van der Waals surface area contributed by atoms with E-state index in [1.54, 1.807) is 18.2 Å². The molecule has 2 saturated heterocycles. The fraction of sp³-hybridized carbons (Fsp3) is 0.438. The number of piperidine rings is 2. The van der Waals surface area contributed by atoms with Crippen molar-refractivity contribution in [2.24, 2.45) is 0 Å². The SMILES string of the molecule is CC(C)Oc1ccc(-c2nc(-c3cccc4c3CC=C4OC(=O)N3CCC(N4CCCCC4)CC3)no2)cc1C#N. The Bertz CT molecular complexity index is 1490. The molecule has 0 N–H and O–H groups in total. The van der Waals surface area contributed by atoms with E-state index in [1.165, 1.54) is 32.4 Å². The number of aromatic nitrogens is 2. The molecule has 3 aliphatic rings. The summed E-state index contributed by atoms with van der Waals surface area (Å²) in [6.07, 6.45) is 8.12. The first kappa shape index (κ1) is 27.0. The average Bonchev–Trinajstić information content (AvgIpc) is 3.66. The van der Waals surface area contributed by atoms with Crippen LogP contribution in [0.1, 0.15) is 62.6 Å². The summed E-state index contributed by atoms with van der Waals surface area (Å²) in [6, 6.07) is 13.8. The third-order valence-electron chi connectivity index (χ3n) is 8.14. The fourth-order valence-electron chi connectivity index (χ4n) is 6.06. The van der Waals surface area contributed by atoms with Gasteiger partial charge >= 0.3 is 6.09 Å². The molecule has 3 heterocycles. The minimum Gasteiger partial charge on any atom is -0.490 e. The van der Waals surface area contributed by atoms with E-state index < -0.39 is 0 Å². The lowest BCUT2D eigenvalue weighted by Crippen LogP contribution is -2.48. The van der Waals surface area contributed by atoms with Gasteiger partial charge in [-0.25, -0.2) is 4.79 Å². The largest absolute Gasteiger partial charge is 0.490 e. The molecule has 0 atom stereocenters. The van der Waals surface area contributed by atoms with E-state index >= 15 is 0 Å². The van der Waals surface area contributed by atoms with Gasteiger partial charge in [-0.3, -0.25) is 0 Å². The Morgan fingerprint density at radius 2 is 1.85 bits per heavy atom. The minimum absolute atomic E-state index is 0.0439. The van der Waals surface area contributed by atoms with E-state index in [-0.39, 0.29) is 12.2 Å². The second-order valence-corrected chi connectivity index (χ2v) is 11.2. The van der Waals surface area contributed by atoms with Gasteiger partial charge < -0.3 is 23.8 Å². The van der Waals surface area contributed by atoms with Gasteiger partial charge in [-0.05, 0) is 88.9 Å². The number of likely N-dealkylation sites (tertiary alicyclic amines) is 2. The zero-order chi connectivity index (χ0) is 28.3. The van der Waals surface area contributed by atoms with E-state index in [2.05, 4.69) is 21.1 Å². The number of ether oxygens (including phenoxy) is 2. The molecule has 0 bridgehead atoms. The van der Waals surface area contributed by atoms with Crippen LogP contribution < -0.4 is 4.74 Å². The quantitative estimate of drug-likeness (QED) is 0.364. The molecule has 9 heteroatoms. The van der Waals surface area contributed by atoms with Crippen LogP contribution in [-0.2, 0) is 11.2 Å². The van der Waals surface area contributed by atoms with Crippen molar-refractivity contribution in [1.29, 1.82) is 5.26 Å². The van der Waals surface area contributed by atoms with Crippen LogP contribution in [0.4, 0.5) is 4.79 Å². The van der Waals surface area contributed by atoms with Crippen LogP contribution in [0.15, 0.2) is 47.0 Å². The molecular formula is C32H35N5O4. The lowest BCUT2D eigenvalue weighted by atomic mass is 10.0. The van der Waals surface area contributed by atoms with Crippen LogP contribution in [0, 0.1) is 11.3 Å². The predicted molar refractivity (Wildman–Crippen MR) is 154 cm³/mol. The first-order valence-electron chi connectivity index (χ1n) is 14.6. The number of hydrogen-bond donors (Lipinski definition) is 0. The Labute approximate surface area is 240 Å². The van der Waals surface area contributed by atoms with Gasteiger partial charge in [0.2, 0.25) is 5.82 Å². The van der Waals surface area contributed by atoms with Crippen molar-refractivity contribution in [3.8, 4) is 34.7 Å². The minimum atomic E-state index is -0.286. The van der Waals surface area contributed by atoms with Gasteiger partial charge in [-0.1, -0.05) is 29.8 Å². The summed E-state index contributed by atoms with van der Waals surface area (Å²) in [4.78, 5) is 22.1. The first-order valence-corrected chi connectivity index (χ1v) is 14.6. The van der Waals surface area contributed by atoms with Crippen LogP contribution in [0.3, 0.4) is 0 Å². The van der Waals surface area contributed by atoms with Crippen molar-refractivity contribution in [2.75, 3.05) is 26.2 Å². The van der Waals surface area contributed by atoms with E-state index in [1.807, 2.05) is 43.0 Å². The monoisotopic (exact) mass is 553 g/mol. The van der Waals surface area contributed by atoms with Crippen molar-refractivity contribution in [3.63, 3.8) is 0 Å². The summed E-state index contributed by atoms with van der Waals surface area (Å²) in [5, 5.41) is 13.8. The molecule has 9 nitrogen and oxygen atoms in total. The van der Waals surface area contributed by atoms with Gasteiger partial charge in [0.1, 0.15) is 17.6 Å². The van der Waals surface area contributed by atoms with E-state index in [0.29, 0.717) is 46.8 Å². The lowest BCUT2D eigenvalue weighted by Gasteiger charge is -2.39. The summed E-state index contributed by atoms with van der Waals surface area (Å²) >= 11 is 0. The van der Waals surface area contributed by atoms with Crippen molar-refractivity contribution in [2.45, 2.75) is 64.5 Å². The Morgan fingerprint density at radius 1 is 1.07 bits per heavy atom. The molecule has 1 aromatic heterocycles. The highest BCUT2D eigenvalue weighted by molar-refractivity contribution is 5.83. The van der Waals surface area contributed by atoms with Crippen molar-refractivity contribution >= 4 is 11.9 Å². The van der Waals surface area contributed by atoms with Gasteiger partial charge in [0.05, 0.1) is 11.7 Å². The highest BCUT2D eigenvalue weighted by Gasteiger charge is 2.30. The number of carbonyl (C=O) groups is 1. The van der Waals surface area contributed by atoms with E-state index in [0.717, 1.165) is 42.6 Å². The lowest BCUT2D eigenvalue weighted by molar-refractivity contribution is 0.0845. The van der Waals surface area contributed by atoms with Gasteiger partial charge in [-0.2, -0.15) is 10.2 Å². The molecule has 2 aliphatic heterocycles. The number of fused-ring (bicyclic) bond motifs is 1. The third-order valence-corrected chi connectivity index (χ3v) is 8.14. The molecular weight excluding hydrogens is 518 g/mol. The zero-order valence-corrected chi connectivity index (χ0v) is 23.6. The molecule has 0 saturated carbocycles. The van der Waals surface area contributed by atoms with Crippen molar-refractivity contribution in [3.05, 3.63) is 59.2 Å². The number of carbonyl (C=O) groups excluding carboxylic acids is 1. The van der Waals surface area contributed by atoms with Crippen LogP contribution >= 0.6 is 0 Å². The standard InChI is InChI=1S/C32H35N5O4/c1-21(2)39-28-11-9-22(19-23(28)20-33)31-34-30(35-41-31)27-8-6-7-26-25(27)10-12-29(26)40-32(38)37-17-13-24(14-18-37)36-15-4-3-5-16-36/h6-9,11-12,19,21,24H,3-5,10,13-18H2,1-2H3. The Morgan fingerprint density at radius 3 is 2.61 bits per heavy atom. The highest BCUT2D eigenvalue weighted by Crippen LogP contribution is 2.36. The maximum Gasteiger partial charge on any atom is 0.415 e. The molecule has 2 aromatic carbocycles. The summed E-state index contributed by atoms with van der Waals surface area (Å²) in [5.74, 6) is 1.86. The molecule has 0 spiro atoms. The second kappa shape index (κ2) is 11.8. The Hall–Kier alpha value is -4.16. The number of amides is 1. The summed E-state index contributed by atoms with van der Waals surface area (Å²) < 4.78 is 17.2. The van der Waals surface area contributed by atoms with Gasteiger partial charge in [0.25, 0.3) is 5.89 Å². The molecule has 3 aromatic rings. The van der Waals surface area contributed by atoms with Gasteiger partial charge in [0, 0.05) is 35.8 Å². The number of hydrogen-bond acceptors (Lipinski definition) is 8. The molecule has 41 heavy (non-hydrogen) atoms. The maximum absolute atomic E-state index is 13.1. The first-order chi connectivity index (χ1) is 20.0. The average molecular weight is 554 g/mol.